The van der Waals surface area contributed by atoms with E-state index in [2.05, 4.69) is 44.4 Å². The predicted molar refractivity (Wildman–Crippen MR) is 165 cm³/mol. The van der Waals surface area contributed by atoms with Crippen LogP contribution >= 0.6 is 0 Å². The molecule has 44 heavy (non-hydrogen) atoms. The molecule has 11 nitrogen and oxygen atoms in total. The summed E-state index contributed by atoms with van der Waals surface area (Å²) in [6.07, 6.45) is 2.57. The molecule has 1 aliphatic rings. The first kappa shape index (κ1) is 30.3. The normalized spacial score (nSPS) is 13.5. The molecule has 0 aliphatic carbocycles. The first-order valence-electron chi connectivity index (χ1n) is 13.7. The Balaban J connectivity index is 1.51. The molecular formula is C31H32F2N6O5. The zero-order valence-corrected chi connectivity index (χ0v) is 24.7. The van der Waals surface area contributed by atoms with Gasteiger partial charge >= 0.3 is 0 Å². The molecule has 2 aromatic heterocycles. The van der Waals surface area contributed by atoms with Gasteiger partial charge in [0.05, 0.1) is 37.5 Å². The summed E-state index contributed by atoms with van der Waals surface area (Å²) >= 11 is 0. The van der Waals surface area contributed by atoms with Gasteiger partial charge in [-0.15, -0.1) is 0 Å². The van der Waals surface area contributed by atoms with Crippen molar-refractivity contribution in [3.8, 4) is 11.5 Å². The second kappa shape index (κ2) is 12.6. The van der Waals surface area contributed by atoms with E-state index in [1.807, 2.05) is 18.2 Å². The minimum Gasteiger partial charge on any atom is -0.494 e. The highest BCUT2D eigenvalue weighted by Gasteiger charge is 2.31. The molecular weight excluding hydrogens is 574 g/mol. The monoisotopic (exact) mass is 606 g/mol. The number of nitrogens with zero attached hydrogens (tertiary/aromatic N) is 3. The summed E-state index contributed by atoms with van der Waals surface area (Å²) in [5.74, 6) is -4.50. The van der Waals surface area contributed by atoms with Crippen molar-refractivity contribution in [2.75, 3.05) is 75.3 Å². The Kier molecular flexibility index (Phi) is 8.67. The van der Waals surface area contributed by atoms with E-state index in [0.717, 1.165) is 37.9 Å². The molecule has 0 spiro atoms. The van der Waals surface area contributed by atoms with E-state index in [1.165, 1.54) is 26.5 Å². The van der Waals surface area contributed by atoms with E-state index in [0.29, 0.717) is 22.6 Å². The van der Waals surface area contributed by atoms with E-state index in [4.69, 9.17) is 13.9 Å². The lowest BCUT2D eigenvalue weighted by Gasteiger charge is -2.34. The Hall–Kier alpha value is -5.17. The first-order chi connectivity index (χ1) is 21.2. The smallest absolute Gasteiger partial charge is 0.247 e. The van der Waals surface area contributed by atoms with Gasteiger partial charge in [-0.05, 0) is 37.4 Å². The lowest BCUT2D eigenvalue weighted by molar-refractivity contribution is -0.111. The number of ether oxygens (including phenoxy) is 2. The number of hydrogen-bond acceptors (Lipinski definition) is 10. The number of rotatable bonds is 10. The van der Waals surface area contributed by atoms with Gasteiger partial charge in [0.25, 0.3) is 0 Å². The molecule has 1 fully saturated rings. The molecule has 1 amide bonds. The van der Waals surface area contributed by atoms with Crippen molar-refractivity contribution < 1.29 is 32.3 Å². The van der Waals surface area contributed by atoms with Crippen molar-refractivity contribution >= 4 is 51.2 Å². The second-order valence-electron chi connectivity index (χ2n) is 10.1. The van der Waals surface area contributed by atoms with E-state index in [1.54, 1.807) is 13.1 Å². The van der Waals surface area contributed by atoms with Crippen molar-refractivity contribution in [1.82, 2.24) is 9.88 Å². The fourth-order valence-electron chi connectivity index (χ4n) is 5.01. The Labute approximate surface area is 252 Å². The van der Waals surface area contributed by atoms with Gasteiger partial charge in [-0.25, -0.2) is 13.8 Å². The fourth-order valence-corrected chi connectivity index (χ4v) is 5.01. The van der Waals surface area contributed by atoms with Crippen LogP contribution in [-0.2, 0) is 4.79 Å². The van der Waals surface area contributed by atoms with Crippen LogP contribution in [0.1, 0.15) is 16.1 Å². The third kappa shape index (κ3) is 5.73. The fraction of sp³-hybridized carbons (Fsp3) is 0.258. The molecule has 13 heteroatoms. The number of nitrogens with one attached hydrogen (secondary N) is 3. The van der Waals surface area contributed by atoms with Gasteiger partial charge in [0.1, 0.15) is 11.4 Å². The maximum Gasteiger partial charge on any atom is 0.247 e. The molecule has 1 aliphatic heterocycles. The van der Waals surface area contributed by atoms with Crippen molar-refractivity contribution in [1.29, 1.82) is 0 Å². The summed E-state index contributed by atoms with van der Waals surface area (Å²) in [5.41, 5.74) is 1.54. The molecule has 4 aromatic rings. The zero-order valence-electron chi connectivity index (χ0n) is 24.7. The number of ketones is 1. The number of furan rings is 1. The minimum atomic E-state index is -1.19. The number of methoxy groups -OCH3 is 2. The van der Waals surface area contributed by atoms with E-state index in [9.17, 15) is 9.59 Å². The van der Waals surface area contributed by atoms with Gasteiger partial charge < -0.3 is 39.6 Å². The number of anilines is 5. The van der Waals surface area contributed by atoms with E-state index in [-0.39, 0.29) is 34.4 Å². The highest BCUT2D eigenvalue weighted by atomic mass is 19.1. The highest BCUT2D eigenvalue weighted by molar-refractivity contribution is 6.15. The number of amides is 1. The molecule has 5 rings (SSSR count). The van der Waals surface area contributed by atoms with Crippen LogP contribution in [0, 0.1) is 11.6 Å². The van der Waals surface area contributed by atoms with Crippen LogP contribution in [0.15, 0.2) is 53.6 Å². The molecule has 0 radical (unpaired) electrons. The Morgan fingerprint density at radius 2 is 1.70 bits per heavy atom. The van der Waals surface area contributed by atoms with E-state index < -0.39 is 23.0 Å². The van der Waals surface area contributed by atoms with Gasteiger partial charge in [-0.2, -0.15) is 0 Å². The molecule has 0 atom stereocenters. The molecule has 0 saturated carbocycles. The number of fused-ring (bicyclic) bond motifs is 1. The number of carbonyl (C=O) groups is 2. The Bertz CT molecular complexity index is 1720. The number of pyridine rings is 1. The average molecular weight is 607 g/mol. The Morgan fingerprint density at radius 1 is 1.02 bits per heavy atom. The number of aromatic nitrogens is 1. The standard InChI is InChI=1S/C31H32F2N6O5/c1-6-25(40)37-20-13-17(39-11-9-38(3)10-12-39)7-8-19(20)36-24-14-18-23(16-35-24)44-31(29(18)34-2)30(41)26-27(32)21(42-4)15-22(43-5)28(26)33/h6-8,13-16,34H,1,9-12H2,2-5H3,(H,35,36)(H,37,40). The van der Waals surface area contributed by atoms with Crippen molar-refractivity contribution in [2.45, 2.75) is 0 Å². The lowest BCUT2D eigenvalue weighted by Crippen LogP contribution is -2.44. The lowest BCUT2D eigenvalue weighted by atomic mass is 10.0. The maximum absolute atomic E-state index is 15.1. The number of carbonyl (C=O) groups excluding carboxylic acids is 2. The molecule has 3 N–H and O–H groups in total. The molecule has 0 bridgehead atoms. The van der Waals surface area contributed by atoms with Crippen LogP contribution in [0.4, 0.5) is 37.3 Å². The molecule has 230 valence electrons. The van der Waals surface area contributed by atoms with Crippen molar-refractivity contribution in [3.05, 3.63) is 72.1 Å². The summed E-state index contributed by atoms with van der Waals surface area (Å²) in [7, 11) is 6.01. The predicted octanol–water partition coefficient (Wildman–Crippen LogP) is 5.02. The van der Waals surface area contributed by atoms with Crippen LogP contribution in [-0.4, -0.2) is 76.1 Å². The largest absolute Gasteiger partial charge is 0.494 e. The minimum absolute atomic E-state index is 0.196. The van der Waals surface area contributed by atoms with Crippen LogP contribution in [0.2, 0.25) is 0 Å². The SMILES string of the molecule is C=CC(=O)Nc1cc(N2CCN(C)CC2)ccc1Nc1cc2c(NC)c(C(=O)c3c(F)c(OC)cc(OC)c3F)oc2cn1. The number of piperazine rings is 1. The quantitative estimate of drug-likeness (QED) is 0.168. The van der Waals surface area contributed by atoms with Gasteiger partial charge in [-0.3, -0.25) is 9.59 Å². The second-order valence-corrected chi connectivity index (χ2v) is 10.1. The summed E-state index contributed by atoms with van der Waals surface area (Å²) in [5, 5.41) is 9.37. The summed E-state index contributed by atoms with van der Waals surface area (Å²) in [6.45, 7) is 7.09. The number of hydrogen-bond donors (Lipinski definition) is 3. The van der Waals surface area contributed by atoms with Crippen LogP contribution < -0.4 is 30.3 Å². The van der Waals surface area contributed by atoms with Crippen molar-refractivity contribution in [3.63, 3.8) is 0 Å². The number of benzene rings is 2. The van der Waals surface area contributed by atoms with E-state index >= 15 is 8.78 Å². The number of halogens is 2. The highest BCUT2D eigenvalue weighted by Crippen LogP contribution is 2.38. The van der Waals surface area contributed by atoms with Gasteiger partial charge in [0.2, 0.25) is 11.7 Å². The molecule has 1 saturated heterocycles. The first-order valence-corrected chi connectivity index (χ1v) is 13.7. The molecule has 0 unspecified atom stereocenters. The van der Waals surface area contributed by atoms with Crippen molar-refractivity contribution in [2.24, 2.45) is 0 Å². The topological polar surface area (TPSA) is 121 Å². The third-order valence-corrected chi connectivity index (χ3v) is 7.41. The van der Waals surface area contributed by atoms with Crippen LogP contribution in [0.5, 0.6) is 11.5 Å². The maximum atomic E-state index is 15.1. The molecule has 2 aromatic carbocycles. The van der Waals surface area contributed by atoms with Crippen LogP contribution in [0.25, 0.3) is 11.0 Å². The summed E-state index contributed by atoms with van der Waals surface area (Å²) < 4.78 is 46.0. The average Bonchev–Trinajstić information content (AvgIpc) is 3.40. The summed E-state index contributed by atoms with van der Waals surface area (Å²) in [6, 6.07) is 8.31. The Morgan fingerprint density at radius 3 is 2.32 bits per heavy atom. The molecule has 3 heterocycles. The van der Waals surface area contributed by atoms with Gasteiger partial charge in [0, 0.05) is 50.4 Å². The van der Waals surface area contributed by atoms with Crippen LogP contribution in [0.3, 0.4) is 0 Å². The zero-order chi connectivity index (χ0) is 31.5. The van der Waals surface area contributed by atoms with Gasteiger partial charge in [-0.1, -0.05) is 6.58 Å². The third-order valence-electron chi connectivity index (χ3n) is 7.41. The summed E-state index contributed by atoms with van der Waals surface area (Å²) in [4.78, 5) is 34.6. The van der Waals surface area contributed by atoms with Gasteiger partial charge in [0.15, 0.2) is 34.5 Å². The number of likely N-dealkylation sites (N-methyl/N-ethyl adjacent to an activating group) is 1.